The summed E-state index contributed by atoms with van der Waals surface area (Å²) in [7, 11) is 0. The molecule has 0 saturated heterocycles. The first-order valence-corrected chi connectivity index (χ1v) is 9.03. The van der Waals surface area contributed by atoms with Crippen molar-refractivity contribution in [2.45, 2.75) is 39.2 Å². The molecule has 0 fully saturated rings. The molecular formula is C16H24ClNOS. The summed E-state index contributed by atoms with van der Waals surface area (Å²) in [6, 6.07) is 4.61. The van der Waals surface area contributed by atoms with Crippen LogP contribution in [0.4, 0.5) is 0 Å². The SMILES string of the molecule is CCCNC(CSCC)Cc1cc(Cl)cc2c1OCC2. The Bertz CT molecular complexity index is 431. The van der Waals surface area contributed by atoms with Crippen molar-refractivity contribution < 1.29 is 4.74 Å². The molecule has 4 heteroatoms. The van der Waals surface area contributed by atoms with Crippen LogP contribution >= 0.6 is 23.4 Å². The molecule has 1 aliphatic rings. The van der Waals surface area contributed by atoms with Gasteiger partial charge < -0.3 is 10.1 Å². The second kappa shape index (κ2) is 8.16. The van der Waals surface area contributed by atoms with Crippen molar-refractivity contribution in [3.8, 4) is 5.75 Å². The molecule has 0 aliphatic carbocycles. The Hall–Kier alpha value is -0.380. The highest BCUT2D eigenvalue weighted by Gasteiger charge is 2.20. The van der Waals surface area contributed by atoms with Crippen molar-refractivity contribution in [2.24, 2.45) is 0 Å². The number of thioether (sulfide) groups is 1. The van der Waals surface area contributed by atoms with Crippen molar-refractivity contribution in [3.05, 3.63) is 28.3 Å². The van der Waals surface area contributed by atoms with Crippen molar-refractivity contribution in [3.63, 3.8) is 0 Å². The molecule has 0 bridgehead atoms. The summed E-state index contributed by atoms with van der Waals surface area (Å²) < 4.78 is 5.80. The maximum atomic E-state index is 6.24. The van der Waals surface area contributed by atoms with E-state index >= 15 is 0 Å². The number of hydrogen-bond acceptors (Lipinski definition) is 3. The van der Waals surface area contributed by atoms with Crippen molar-refractivity contribution in [1.82, 2.24) is 5.32 Å². The zero-order chi connectivity index (χ0) is 14.4. The van der Waals surface area contributed by atoms with Gasteiger partial charge >= 0.3 is 0 Å². The molecule has 1 atom stereocenters. The Morgan fingerprint density at radius 2 is 2.25 bits per heavy atom. The van der Waals surface area contributed by atoms with Crippen LogP contribution in [0.25, 0.3) is 0 Å². The van der Waals surface area contributed by atoms with Gasteiger partial charge in [0.1, 0.15) is 5.75 Å². The van der Waals surface area contributed by atoms with Crippen LogP contribution in [-0.2, 0) is 12.8 Å². The average Bonchev–Trinajstić information content (AvgIpc) is 2.89. The second-order valence-electron chi connectivity index (χ2n) is 5.17. The van der Waals surface area contributed by atoms with E-state index in [1.165, 1.54) is 11.1 Å². The van der Waals surface area contributed by atoms with Crippen LogP contribution in [0, 0.1) is 0 Å². The highest BCUT2D eigenvalue weighted by Crippen LogP contribution is 2.33. The van der Waals surface area contributed by atoms with E-state index in [0.717, 1.165) is 54.7 Å². The van der Waals surface area contributed by atoms with Crippen LogP contribution in [0.2, 0.25) is 5.02 Å². The lowest BCUT2D eigenvalue weighted by molar-refractivity contribution is 0.352. The van der Waals surface area contributed by atoms with Crippen LogP contribution < -0.4 is 10.1 Å². The third-order valence-electron chi connectivity index (χ3n) is 3.50. The molecule has 0 radical (unpaired) electrons. The summed E-state index contributed by atoms with van der Waals surface area (Å²) in [4.78, 5) is 0. The summed E-state index contributed by atoms with van der Waals surface area (Å²) in [5.41, 5.74) is 2.53. The predicted molar refractivity (Wildman–Crippen MR) is 89.4 cm³/mol. The molecule has 1 heterocycles. The summed E-state index contributed by atoms with van der Waals surface area (Å²) >= 11 is 8.23. The fourth-order valence-electron chi connectivity index (χ4n) is 2.56. The number of rotatable bonds is 8. The lowest BCUT2D eigenvalue weighted by atomic mass is 10.0. The van der Waals surface area contributed by atoms with E-state index < -0.39 is 0 Å². The maximum absolute atomic E-state index is 6.24. The standard InChI is InChI=1S/C16H24ClNOS/c1-3-6-18-15(11-20-4-2)10-13-9-14(17)8-12-5-7-19-16(12)13/h8-9,15,18H,3-7,10-11H2,1-2H3. The van der Waals surface area contributed by atoms with E-state index in [-0.39, 0.29) is 0 Å². The van der Waals surface area contributed by atoms with E-state index in [9.17, 15) is 0 Å². The second-order valence-corrected chi connectivity index (χ2v) is 6.92. The molecule has 0 aromatic heterocycles. The Morgan fingerprint density at radius 3 is 3.00 bits per heavy atom. The lowest BCUT2D eigenvalue weighted by Crippen LogP contribution is -2.34. The van der Waals surface area contributed by atoms with E-state index in [0.29, 0.717) is 6.04 Å². The number of nitrogens with one attached hydrogen (secondary N) is 1. The van der Waals surface area contributed by atoms with E-state index in [1.807, 2.05) is 17.8 Å². The molecule has 0 amide bonds. The first kappa shape index (κ1) is 16.0. The molecule has 0 spiro atoms. The van der Waals surface area contributed by atoms with Gasteiger partial charge in [0.25, 0.3) is 0 Å². The quantitative estimate of drug-likeness (QED) is 0.785. The normalized spacial score (nSPS) is 14.9. The molecule has 2 rings (SSSR count). The molecule has 0 saturated carbocycles. The molecular weight excluding hydrogens is 290 g/mol. The number of halogens is 1. The maximum Gasteiger partial charge on any atom is 0.125 e. The number of benzene rings is 1. The van der Waals surface area contributed by atoms with Gasteiger partial charge in [0.05, 0.1) is 6.61 Å². The summed E-state index contributed by atoms with van der Waals surface area (Å²) in [6.45, 7) is 6.27. The van der Waals surface area contributed by atoms with Gasteiger partial charge in [-0.2, -0.15) is 11.8 Å². The predicted octanol–water partition coefficient (Wildman–Crippen LogP) is 3.94. The summed E-state index contributed by atoms with van der Waals surface area (Å²) in [6.07, 6.45) is 3.15. The Balaban J connectivity index is 2.09. The van der Waals surface area contributed by atoms with Gasteiger partial charge in [0.2, 0.25) is 0 Å². The monoisotopic (exact) mass is 313 g/mol. The van der Waals surface area contributed by atoms with Gasteiger partial charge in [-0.15, -0.1) is 0 Å². The molecule has 1 N–H and O–H groups in total. The largest absolute Gasteiger partial charge is 0.493 e. The highest BCUT2D eigenvalue weighted by molar-refractivity contribution is 7.99. The Kier molecular flexibility index (Phi) is 6.53. The molecule has 1 aromatic rings. The molecule has 1 aromatic carbocycles. The van der Waals surface area contributed by atoms with Crippen LogP contribution in [0.1, 0.15) is 31.4 Å². The van der Waals surface area contributed by atoms with Crippen LogP contribution in [-0.4, -0.2) is 30.7 Å². The van der Waals surface area contributed by atoms with Gasteiger partial charge in [0.15, 0.2) is 0 Å². The number of ether oxygens (including phenoxy) is 1. The van der Waals surface area contributed by atoms with Crippen LogP contribution in [0.3, 0.4) is 0 Å². The third kappa shape index (κ3) is 4.31. The van der Waals surface area contributed by atoms with Crippen molar-refractivity contribution in [1.29, 1.82) is 0 Å². The average molecular weight is 314 g/mol. The first-order valence-electron chi connectivity index (χ1n) is 7.49. The fourth-order valence-corrected chi connectivity index (χ4v) is 3.58. The van der Waals surface area contributed by atoms with Gasteiger partial charge in [-0.1, -0.05) is 25.4 Å². The van der Waals surface area contributed by atoms with Gasteiger partial charge in [-0.25, -0.2) is 0 Å². The molecule has 1 aliphatic heterocycles. The Labute approximate surface area is 131 Å². The third-order valence-corrected chi connectivity index (χ3v) is 4.76. The van der Waals surface area contributed by atoms with Crippen LogP contribution in [0.15, 0.2) is 12.1 Å². The molecule has 2 nitrogen and oxygen atoms in total. The van der Waals surface area contributed by atoms with Gasteiger partial charge in [-0.05, 0) is 48.4 Å². The smallest absolute Gasteiger partial charge is 0.125 e. The van der Waals surface area contributed by atoms with Crippen molar-refractivity contribution >= 4 is 23.4 Å². The molecule has 112 valence electrons. The lowest BCUT2D eigenvalue weighted by Gasteiger charge is -2.19. The first-order chi connectivity index (χ1) is 9.74. The molecule has 1 unspecified atom stereocenters. The van der Waals surface area contributed by atoms with Gasteiger partial charge in [0, 0.05) is 23.2 Å². The van der Waals surface area contributed by atoms with Crippen LogP contribution in [0.5, 0.6) is 5.75 Å². The zero-order valence-electron chi connectivity index (χ0n) is 12.4. The topological polar surface area (TPSA) is 21.3 Å². The highest BCUT2D eigenvalue weighted by atomic mass is 35.5. The number of hydrogen-bond donors (Lipinski definition) is 1. The molecule has 20 heavy (non-hydrogen) atoms. The Morgan fingerprint density at radius 1 is 1.40 bits per heavy atom. The van der Waals surface area contributed by atoms with E-state index in [2.05, 4.69) is 25.2 Å². The van der Waals surface area contributed by atoms with Gasteiger partial charge in [-0.3, -0.25) is 0 Å². The zero-order valence-corrected chi connectivity index (χ0v) is 13.9. The summed E-state index contributed by atoms with van der Waals surface area (Å²) in [5, 5.41) is 4.48. The van der Waals surface area contributed by atoms with E-state index in [1.54, 1.807) is 0 Å². The van der Waals surface area contributed by atoms with Crippen molar-refractivity contribution in [2.75, 3.05) is 24.7 Å². The number of fused-ring (bicyclic) bond motifs is 1. The van der Waals surface area contributed by atoms with E-state index in [4.69, 9.17) is 16.3 Å². The minimum atomic E-state index is 0.492. The minimum absolute atomic E-state index is 0.492. The minimum Gasteiger partial charge on any atom is -0.493 e. The summed E-state index contributed by atoms with van der Waals surface area (Å²) in [5.74, 6) is 3.38. The fraction of sp³-hybridized carbons (Fsp3) is 0.625.